The summed E-state index contributed by atoms with van der Waals surface area (Å²) in [5.41, 5.74) is 24.9. The van der Waals surface area contributed by atoms with Crippen molar-refractivity contribution < 1.29 is 0 Å². The Balaban J connectivity index is 1.08. The van der Waals surface area contributed by atoms with E-state index in [1.54, 1.807) is 0 Å². The van der Waals surface area contributed by atoms with Crippen molar-refractivity contribution in [1.82, 2.24) is 0 Å². The second kappa shape index (κ2) is 13.3. The Labute approximate surface area is 382 Å². The van der Waals surface area contributed by atoms with Gasteiger partial charge in [0, 0.05) is 55.1 Å². The fourth-order valence-corrected chi connectivity index (χ4v) is 13.3. The van der Waals surface area contributed by atoms with Crippen LogP contribution in [0.1, 0.15) is 0 Å². The molecule has 65 heavy (non-hydrogen) atoms. The third kappa shape index (κ3) is 4.77. The van der Waals surface area contributed by atoms with E-state index >= 15 is 0 Å². The van der Waals surface area contributed by atoms with E-state index in [1.165, 1.54) is 111 Å². The van der Waals surface area contributed by atoms with Gasteiger partial charge in [-0.05, 0) is 117 Å². The third-order valence-electron chi connectivity index (χ3n) is 14.3. The Hall–Kier alpha value is -7.99. The molecule has 4 nitrogen and oxygen atoms in total. The molecule has 0 saturated carbocycles. The first-order valence-electron chi connectivity index (χ1n) is 22.5. The molecule has 0 spiro atoms. The Morgan fingerprint density at radius 1 is 0.277 bits per heavy atom. The van der Waals surface area contributed by atoms with Crippen LogP contribution in [-0.2, 0) is 0 Å². The van der Waals surface area contributed by atoms with Gasteiger partial charge < -0.3 is 19.6 Å². The predicted molar refractivity (Wildman–Crippen MR) is 277 cm³/mol. The molecule has 5 aliphatic rings. The van der Waals surface area contributed by atoms with Crippen LogP contribution in [0.15, 0.2) is 218 Å². The molecule has 0 radical (unpaired) electrons. The van der Waals surface area contributed by atoms with Crippen molar-refractivity contribution in [3.63, 3.8) is 0 Å². The summed E-state index contributed by atoms with van der Waals surface area (Å²) in [6.45, 7) is 0.0501. The van der Waals surface area contributed by atoms with E-state index in [1.807, 2.05) is 11.3 Å². The van der Waals surface area contributed by atoms with Gasteiger partial charge in [-0.1, -0.05) is 146 Å². The number of nitrogens with zero attached hydrogens (tertiary/aromatic N) is 4. The monoisotopic (exact) mass is 842 g/mol. The summed E-state index contributed by atoms with van der Waals surface area (Å²) in [5, 5.41) is 0. The van der Waals surface area contributed by atoms with Gasteiger partial charge in [0.15, 0.2) is 0 Å². The molecule has 1 aromatic heterocycles. The maximum Gasteiger partial charge on any atom is 0.264 e. The maximum atomic E-state index is 2.65. The van der Waals surface area contributed by atoms with E-state index < -0.39 is 0 Å². The van der Waals surface area contributed by atoms with Gasteiger partial charge in [-0.2, -0.15) is 11.3 Å². The molecule has 5 aliphatic heterocycles. The van der Waals surface area contributed by atoms with Crippen LogP contribution in [0.3, 0.4) is 0 Å². The highest BCUT2D eigenvalue weighted by atomic mass is 32.1. The van der Waals surface area contributed by atoms with E-state index in [0.717, 1.165) is 11.4 Å². The second-order valence-corrected chi connectivity index (χ2v) is 18.7. The zero-order valence-corrected chi connectivity index (χ0v) is 36.0. The lowest BCUT2D eigenvalue weighted by atomic mass is 9.35. The lowest BCUT2D eigenvalue weighted by molar-refractivity contribution is 1.18. The van der Waals surface area contributed by atoms with Crippen molar-refractivity contribution in [2.24, 2.45) is 0 Å². The van der Waals surface area contributed by atoms with Crippen molar-refractivity contribution in [1.29, 1.82) is 0 Å². The quantitative estimate of drug-likeness (QED) is 0.164. The molecule has 10 aromatic rings. The molecule has 0 aliphatic carbocycles. The van der Waals surface area contributed by atoms with Crippen LogP contribution in [0.25, 0.3) is 22.3 Å². The van der Waals surface area contributed by atoms with E-state index in [4.69, 9.17) is 0 Å². The summed E-state index contributed by atoms with van der Waals surface area (Å²) in [7, 11) is 0. The first kappa shape index (κ1) is 35.5. The summed E-state index contributed by atoms with van der Waals surface area (Å²) in [4.78, 5) is 10.3. The molecule has 0 unspecified atom stereocenters. The largest absolute Gasteiger partial charge is 0.311 e. The molecule has 0 bridgehead atoms. The number of hydrogen-bond donors (Lipinski definition) is 0. The third-order valence-corrected chi connectivity index (χ3v) is 15.6. The second-order valence-electron chi connectivity index (χ2n) is 17.6. The molecule has 15 rings (SSSR count). The minimum Gasteiger partial charge on any atom is -0.311 e. The number of para-hydroxylation sites is 6. The molecule has 0 atom stereocenters. The zero-order chi connectivity index (χ0) is 42.3. The van der Waals surface area contributed by atoms with Gasteiger partial charge >= 0.3 is 0 Å². The van der Waals surface area contributed by atoms with Crippen LogP contribution in [0.4, 0.5) is 68.2 Å². The van der Waals surface area contributed by atoms with Crippen LogP contribution < -0.4 is 51.0 Å². The van der Waals surface area contributed by atoms with E-state index in [-0.39, 0.29) is 13.4 Å². The van der Waals surface area contributed by atoms with Crippen molar-refractivity contribution in [2.45, 2.75) is 0 Å². The topological polar surface area (TPSA) is 13.0 Å². The Bertz CT molecular complexity index is 3360. The summed E-state index contributed by atoms with van der Waals surface area (Å²) in [5.74, 6) is 0. The van der Waals surface area contributed by atoms with Crippen LogP contribution >= 0.6 is 11.3 Å². The van der Waals surface area contributed by atoms with E-state index in [2.05, 4.69) is 238 Å². The zero-order valence-electron chi connectivity index (χ0n) is 35.1. The predicted octanol–water partition coefficient (Wildman–Crippen LogP) is 11.6. The average molecular weight is 843 g/mol. The maximum absolute atomic E-state index is 2.65. The number of anilines is 12. The summed E-state index contributed by atoms with van der Waals surface area (Å²) in [6, 6.07) is 81.1. The molecule has 0 fully saturated rings. The Morgan fingerprint density at radius 3 is 1.00 bits per heavy atom. The van der Waals surface area contributed by atoms with Crippen molar-refractivity contribution in [3.05, 3.63) is 218 Å². The first-order chi connectivity index (χ1) is 32.3. The number of hydrogen-bond acceptors (Lipinski definition) is 5. The molecule has 0 saturated heterocycles. The Kier molecular flexibility index (Phi) is 7.24. The molecular weight excluding hydrogens is 806 g/mol. The van der Waals surface area contributed by atoms with Crippen molar-refractivity contribution >= 4 is 124 Å². The van der Waals surface area contributed by atoms with Crippen LogP contribution in [0.5, 0.6) is 0 Å². The smallest absolute Gasteiger partial charge is 0.264 e. The fourth-order valence-electron chi connectivity index (χ4n) is 11.7. The summed E-state index contributed by atoms with van der Waals surface area (Å²) in [6.07, 6.45) is 0. The minimum absolute atomic E-state index is 0.0251. The summed E-state index contributed by atoms with van der Waals surface area (Å²) < 4.78 is 2.80. The highest BCUT2D eigenvalue weighted by Crippen LogP contribution is 2.59. The fraction of sp³-hybridized carbons (Fsp3) is 0. The molecular formula is C58H36B2N4S. The molecule has 9 aromatic carbocycles. The molecule has 300 valence electrons. The van der Waals surface area contributed by atoms with Gasteiger partial charge in [0.2, 0.25) is 0 Å². The van der Waals surface area contributed by atoms with E-state index in [9.17, 15) is 0 Å². The highest BCUT2D eigenvalue weighted by molar-refractivity contribution is 7.39. The lowest BCUT2D eigenvalue weighted by Gasteiger charge is -2.49. The van der Waals surface area contributed by atoms with Gasteiger partial charge in [-0.3, -0.25) is 0 Å². The van der Waals surface area contributed by atoms with Crippen molar-refractivity contribution in [3.8, 4) is 22.3 Å². The van der Waals surface area contributed by atoms with Crippen LogP contribution in [0.2, 0.25) is 0 Å². The molecule has 7 heteroatoms. The van der Waals surface area contributed by atoms with Gasteiger partial charge in [-0.25, -0.2) is 0 Å². The molecule has 0 amide bonds. The number of thiophene rings is 1. The number of fused-ring (bicyclic) bond motifs is 11. The summed E-state index contributed by atoms with van der Waals surface area (Å²) >= 11 is 2.04. The van der Waals surface area contributed by atoms with Crippen LogP contribution in [-0.4, -0.2) is 13.4 Å². The Morgan fingerprint density at radius 2 is 0.600 bits per heavy atom. The SMILES string of the molecule is c1ccc(-c2cc3c4c(c2)N2c5ccccc5N5c6cc(-c7ccccc7)cc7c6B(c6ccccc6N7c6ccccc6)c6sc(c2c65)B4c2ccccc2N3c2ccccc2)cc1. The van der Waals surface area contributed by atoms with E-state index in [0.29, 0.717) is 0 Å². The van der Waals surface area contributed by atoms with Gasteiger partial charge in [-0.15, -0.1) is 0 Å². The highest BCUT2D eigenvalue weighted by Gasteiger charge is 2.54. The average Bonchev–Trinajstić information content (AvgIpc) is 3.77. The van der Waals surface area contributed by atoms with Gasteiger partial charge in [0.25, 0.3) is 13.4 Å². The first-order valence-corrected chi connectivity index (χ1v) is 23.3. The molecule has 6 heterocycles. The van der Waals surface area contributed by atoms with Crippen LogP contribution in [0, 0.1) is 0 Å². The molecule has 0 N–H and O–H groups in total. The standard InChI is InChI=1S/C58H36B2N4S/c1-5-19-37(20-6-1)39-33-49-53-51(35-39)63-47-31-17-18-32-48(47)64-52-36-40(38-21-7-2-8-22-38)34-50-54(52)60(44-28-14-16-30-46(44)62(50)42-25-11-4-12-26-42)58-56(64)55(63)57(65-58)59(53)43-27-13-15-29-45(43)61(49)41-23-9-3-10-24-41/h1-36H. The number of benzene rings is 9. The van der Waals surface area contributed by atoms with Crippen molar-refractivity contribution in [2.75, 3.05) is 19.6 Å². The lowest BCUT2D eigenvalue weighted by Crippen LogP contribution is -2.61. The number of rotatable bonds is 4. The normalized spacial score (nSPS) is 14.0. The minimum atomic E-state index is 0.0251. The van der Waals surface area contributed by atoms with Gasteiger partial charge in [0.1, 0.15) is 0 Å². The van der Waals surface area contributed by atoms with Gasteiger partial charge in [0.05, 0.1) is 22.7 Å².